The quantitative estimate of drug-likeness (QED) is 0.281. The average Bonchev–Trinajstić information content (AvgIpc) is 2.90. The Hall–Kier alpha value is -3.59. The van der Waals surface area contributed by atoms with Gasteiger partial charge in [0.05, 0.1) is 23.1 Å². The van der Waals surface area contributed by atoms with Crippen LogP contribution in [0, 0.1) is 35.5 Å². The Morgan fingerprint density at radius 1 is 1.02 bits per heavy atom. The number of hydrogen-bond donors (Lipinski definition) is 4. The van der Waals surface area contributed by atoms with Gasteiger partial charge in [0.15, 0.2) is 34.7 Å². The third-order valence-electron chi connectivity index (χ3n) is 9.63. The highest BCUT2D eigenvalue weighted by molar-refractivity contribution is 6.32. The summed E-state index contributed by atoms with van der Waals surface area (Å²) in [4.78, 5) is 70.2. The van der Waals surface area contributed by atoms with E-state index in [-0.39, 0.29) is 24.0 Å². The minimum Gasteiger partial charge on any atom is -0.506 e. The molecule has 11 nitrogen and oxygen atoms in total. The second kappa shape index (κ2) is 10.3. The van der Waals surface area contributed by atoms with Crippen LogP contribution in [0.1, 0.15) is 60.0 Å². The summed E-state index contributed by atoms with van der Waals surface area (Å²) in [5.41, 5.74) is 2.48. The number of carbonyl (C=O) groups excluding carboxylic acids is 5. The maximum Gasteiger partial charge on any atom is 0.235 e. The van der Waals surface area contributed by atoms with E-state index in [1.54, 1.807) is 39.2 Å². The molecule has 0 saturated heterocycles. The predicted molar refractivity (Wildman–Crippen MR) is 151 cm³/mol. The van der Waals surface area contributed by atoms with E-state index in [1.165, 1.54) is 4.90 Å². The molecule has 0 spiro atoms. The Morgan fingerprint density at radius 2 is 1.67 bits per heavy atom. The van der Waals surface area contributed by atoms with E-state index in [0.29, 0.717) is 24.1 Å². The molecule has 5 rings (SSSR count). The second-order valence-corrected chi connectivity index (χ2v) is 12.7. The van der Waals surface area contributed by atoms with E-state index >= 15 is 0 Å². The van der Waals surface area contributed by atoms with Crippen LogP contribution in [-0.4, -0.2) is 94.7 Å². The third-order valence-corrected chi connectivity index (χ3v) is 9.63. The van der Waals surface area contributed by atoms with Gasteiger partial charge in [-0.05, 0) is 70.2 Å². The molecule has 0 radical (unpaired) electrons. The molecule has 11 heteroatoms. The number of aromatic hydroxyl groups is 1. The zero-order valence-corrected chi connectivity index (χ0v) is 24.3. The first-order valence-corrected chi connectivity index (χ1v) is 14.3. The number of fused-ring (bicyclic) bond motifs is 3. The Bertz CT molecular complexity index is 1460. The molecule has 6 atom stereocenters. The van der Waals surface area contributed by atoms with Gasteiger partial charge < -0.3 is 26.0 Å². The minimum atomic E-state index is -2.78. The summed E-state index contributed by atoms with van der Waals surface area (Å²) < 4.78 is 0. The van der Waals surface area contributed by atoms with Gasteiger partial charge in [-0.2, -0.15) is 0 Å². The van der Waals surface area contributed by atoms with Crippen molar-refractivity contribution >= 4 is 34.7 Å². The molecule has 224 valence electrons. The number of phenolic OH excluding ortho intramolecular Hbond substituents is 1. The molecule has 0 aliphatic heterocycles. The lowest BCUT2D eigenvalue weighted by Gasteiger charge is -2.52. The molecule has 4 aliphatic rings. The first kappa shape index (κ1) is 29.9. The van der Waals surface area contributed by atoms with Crippen LogP contribution < -0.4 is 10.6 Å². The number of likely N-dealkylation sites (N-methyl/N-ethyl adjacent to an activating group) is 1. The number of amides is 1. The van der Waals surface area contributed by atoms with Gasteiger partial charge in [0.1, 0.15) is 11.4 Å². The summed E-state index contributed by atoms with van der Waals surface area (Å²) in [6.45, 7) is 0. The topological polar surface area (TPSA) is 179 Å². The maximum absolute atomic E-state index is 14.1. The van der Waals surface area contributed by atoms with E-state index in [9.17, 15) is 39.3 Å². The zero-order valence-electron chi connectivity index (χ0n) is 24.3. The van der Waals surface area contributed by atoms with E-state index in [4.69, 9.17) is 5.73 Å². The SMILES string of the molecule is CN(C)c1cc(C#CC2(O)CCCCC2)c(O)c2c1C[C@H]1C[C@H]3[C@H](N(C)C)C(=O)C(C(N)=O)C(=O)[C@@]3(O)C(=O)C1C2=O. The van der Waals surface area contributed by atoms with Crippen LogP contribution in [0.4, 0.5) is 5.69 Å². The first-order chi connectivity index (χ1) is 19.6. The van der Waals surface area contributed by atoms with Gasteiger partial charge >= 0.3 is 0 Å². The van der Waals surface area contributed by atoms with Crippen LogP contribution in [0.3, 0.4) is 0 Å². The van der Waals surface area contributed by atoms with Gasteiger partial charge in [0.2, 0.25) is 5.91 Å². The smallest absolute Gasteiger partial charge is 0.235 e. The van der Waals surface area contributed by atoms with Gasteiger partial charge in [-0.1, -0.05) is 18.3 Å². The highest BCUT2D eigenvalue weighted by atomic mass is 16.3. The van der Waals surface area contributed by atoms with Gasteiger partial charge in [-0.15, -0.1) is 0 Å². The van der Waals surface area contributed by atoms with Gasteiger partial charge in [0.25, 0.3) is 0 Å². The Labute approximate surface area is 244 Å². The number of hydrogen-bond acceptors (Lipinski definition) is 10. The molecule has 5 N–H and O–H groups in total. The van der Waals surface area contributed by atoms with Gasteiger partial charge in [-0.3, -0.25) is 28.9 Å². The molecule has 2 unspecified atom stereocenters. The molecule has 1 aromatic carbocycles. The molecule has 1 amide bonds. The van der Waals surface area contributed by atoms with Crippen LogP contribution in [0.25, 0.3) is 0 Å². The normalized spacial score (nSPS) is 31.9. The number of nitrogens with two attached hydrogens (primary N) is 1. The molecule has 1 aromatic rings. The van der Waals surface area contributed by atoms with Crippen LogP contribution in [0.5, 0.6) is 5.75 Å². The maximum atomic E-state index is 14.1. The molecule has 3 saturated carbocycles. The Morgan fingerprint density at radius 3 is 2.24 bits per heavy atom. The van der Waals surface area contributed by atoms with E-state index in [2.05, 4.69) is 11.8 Å². The molecule has 0 aromatic heterocycles. The van der Waals surface area contributed by atoms with E-state index in [1.807, 2.05) is 0 Å². The van der Waals surface area contributed by atoms with Crippen LogP contribution in [-0.2, 0) is 25.6 Å². The van der Waals surface area contributed by atoms with Crippen molar-refractivity contribution in [2.24, 2.45) is 29.4 Å². The molecular weight excluding hydrogens is 542 g/mol. The number of primary amides is 1. The standard InChI is InChI=1S/C31H37N3O8/c1-33(2)19-14-15(8-11-30(41)9-6-5-7-10-30)24(35)21-17(19)12-16-13-18-23(34(3)4)26(37)22(29(32)40)28(39)31(18,42)27(38)20(16)25(21)36/h14,16,18,20,22-23,35,41-42H,5-7,9-10,12-13H2,1-4H3,(H2,32,40)/t16-,18-,20?,22?,23-,31-/m0/s1. The predicted octanol–water partition coefficient (Wildman–Crippen LogP) is -0.0203. The zero-order chi connectivity index (χ0) is 30.9. The largest absolute Gasteiger partial charge is 0.506 e. The van der Waals surface area contributed by atoms with Crippen molar-refractivity contribution in [3.8, 4) is 17.6 Å². The number of benzene rings is 1. The van der Waals surface area contributed by atoms with Crippen LogP contribution in [0.2, 0.25) is 0 Å². The molecule has 3 fully saturated rings. The Balaban J connectivity index is 1.63. The molecule has 4 aliphatic carbocycles. The van der Waals surface area contributed by atoms with Crippen LogP contribution >= 0.6 is 0 Å². The van der Waals surface area contributed by atoms with Crippen molar-refractivity contribution < 1.29 is 39.3 Å². The summed E-state index contributed by atoms with van der Waals surface area (Å²) in [6.07, 6.45) is 3.79. The van der Waals surface area contributed by atoms with Crippen molar-refractivity contribution in [1.29, 1.82) is 0 Å². The molecule has 0 heterocycles. The Kier molecular flexibility index (Phi) is 7.33. The lowest BCUT2D eigenvalue weighted by Crippen LogP contribution is -2.74. The van der Waals surface area contributed by atoms with Crippen LogP contribution in [0.15, 0.2) is 6.07 Å². The summed E-state index contributed by atoms with van der Waals surface area (Å²) in [7, 11) is 6.63. The van der Waals surface area contributed by atoms with E-state index in [0.717, 1.165) is 19.3 Å². The number of carbonyl (C=O) groups is 5. The highest BCUT2D eigenvalue weighted by Gasteiger charge is 2.69. The monoisotopic (exact) mass is 579 g/mol. The number of aliphatic hydroxyl groups is 2. The molecule has 42 heavy (non-hydrogen) atoms. The summed E-state index contributed by atoms with van der Waals surface area (Å²) in [5.74, 6) is -5.27. The number of ketones is 4. The second-order valence-electron chi connectivity index (χ2n) is 12.7. The fourth-order valence-corrected chi connectivity index (χ4v) is 7.59. The summed E-state index contributed by atoms with van der Waals surface area (Å²) >= 11 is 0. The lowest BCUT2D eigenvalue weighted by atomic mass is 9.52. The van der Waals surface area contributed by atoms with Gasteiger partial charge in [-0.25, -0.2) is 0 Å². The number of Topliss-reactive ketones (excluding diaryl/α,β-unsaturated/α-hetero) is 4. The van der Waals surface area contributed by atoms with Crippen molar-refractivity contribution in [2.45, 2.75) is 62.2 Å². The molecule has 0 bridgehead atoms. The first-order valence-electron chi connectivity index (χ1n) is 14.3. The number of phenols is 1. The van der Waals surface area contributed by atoms with Gasteiger partial charge in [0, 0.05) is 25.7 Å². The highest BCUT2D eigenvalue weighted by Crippen LogP contribution is 2.52. The van der Waals surface area contributed by atoms with Crippen molar-refractivity contribution in [3.63, 3.8) is 0 Å². The van der Waals surface area contributed by atoms with Crippen molar-refractivity contribution in [1.82, 2.24) is 4.90 Å². The fourth-order valence-electron chi connectivity index (χ4n) is 7.59. The number of nitrogens with zero attached hydrogens (tertiary/aromatic N) is 2. The molecular formula is C31H37N3O8. The van der Waals surface area contributed by atoms with Crippen molar-refractivity contribution in [2.75, 3.05) is 33.1 Å². The number of rotatable bonds is 3. The lowest BCUT2D eigenvalue weighted by molar-refractivity contribution is -0.181. The fraction of sp³-hybridized carbons (Fsp3) is 0.581. The summed E-state index contributed by atoms with van der Waals surface area (Å²) in [5, 5.41) is 34.0. The number of anilines is 1. The summed E-state index contributed by atoms with van der Waals surface area (Å²) in [6, 6.07) is 0.493. The van der Waals surface area contributed by atoms with E-state index < -0.39 is 75.7 Å². The third kappa shape index (κ3) is 4.35. The minimum absolute atomic E-state index is 0.0217. The average molecular weight is 580 g/mol. The van der Waals surface area contributed by atoms with Crippen molar-refractivity contribution in [3.05, 3.63) is 22.8 Å².